The van der Waals surface area contributed by atoms with Gasteiger partial charge in [-0.1, -0.05) is 0 Å². The Morgan fingerprint density at radius 3 is 2.78 bits per heavy atom. The Labute approximate surface area is 209 Å². The average molecular weight is 531 g/mol. The van der Waals surface area contributed by atoms with E-state index in [1.807, 2.05) is 18.2 Å². The summed E-state index contributed by atoms with van der Waals surface area (Å²) >= 11 is 1.49. The van der Waals surface area contributed by atoms with Crippen LogP contribution in [0, 0.1) is 11.6 Å². The molecule has 3 aromatic heterocycles. The second-order valence-electron chi connectivity index (χ2n) is 8.60. The van der Waals surface area contributed by atoms with Gasteiger partial charge >= 0.3 is 0 Å². The van der Waals surface area contributed by atoms with Gasteiger partial charge in [-0.25, -0.2) is 31.8 Å². The zero-order valence-electron chi connectivity index (χ0n) is 19.0. The van der Waals surface area contributed by atoms with Gasteiger partial charge in [0.05, 0.1) is 23.8 Å². The van der Waals surface area contributed by atoms with Crippen molar-refractivity contribution in [1.29, 1.82) is 0 Å². The van der Waals surface area contributed by atoms with Crippen molar-refractivity contribution in [3.05, 3.63) is 59.2 Å². The van der Waals surface area contributed by atoms with Crippen LogP contribution in [0.15, 0.2) is 42.7 Å². The van der Waals surface area contributed by atoms with E-state index in [1.165, 1.54) is 45.0 Å². The van der Waals surface area contributed by atoms with Gasteiger partial charge in [-0.3, -0.25) is 0 Å². The third kappa shape index (κ3) is 4.12. The number of pyridine rings is 1. The third-order valence-electron chi connectivity index (χ3n) is 6.08. The molecule has 1 fully saturated rings. The summed E-state index contributed by atoms with van der Waals surface area (Å²) in [6.07, 6.45) is 3.19. The Balaban J connectivity index is 1.33. The normalized spacial score (nSPS) is 16.0. The van der Waals surface area contributed by atoms with Crippen LogP contribution < -0.4 is 10.1 Å². The van der Waals surface area contributed by atoms with Crippen molar-refractivity contribution in [2.75, 3.05) is 31.3 Å². The first-order chi connectivity index (χ1) is 17.3. The summed E-state index contributed by atoms with van der Waals surface area (Å²) in [7, 11) is -3.20. The Morgan fingerprint density at radius 2 is 2.00 bits per heavy atom. The minimum atomic E-state index is -3.20. The molecule has 36 heavy (non-hydrogen) atoms. The molecule has 13 heteroatoms. The maximum atomic E-state index is 14.5. The first-order valence-electron chi connectivity index (χ1n) is 11.1. The lowest BCUT2D eigenvalue weighted by atomic mass is 10.1. The molecule has 1 saturated heterocycles. The number of hydrogen-bond acceptors (Lipinski definition) is 8. The number of ether oxygens (including phenoxy) is 1. The zero-order valence-corrected chi connectivity index (χ0v) is 20.6. The van der Waals surface area contributed by atoms with Crippen molar-refractivity contribution < 1.29 is 21.9 Å². The zero-order chi connectivity index (χ0) is 25.0. The van der Waals surface area contributed by atoms with Gasteiger partial charge in [-0.05, 0) is 30.3 Å². The van der Waals surface area contributed by atoms with Gasteiger partial charge in [0.25, 0.3) is 0 Å². The molecule has 1 N–H and O–H groups in total. The lowest BCUT2D eigenvalue weighted by Crippen LogP contribution is -2.56. The molecular formula is C23H20F2N6O3S2. The molecule has 186 valence electrons. The van der Waals surface area contributed by atoms with Crippen LogP contribution in [0.2, 0.25) is 0 Å². The van der Waals surface area contributed by atoms with Crippen LogP contribution >= 0.6 is 11.3 Å². The number of halogens is 2. The molecule has 0 spiro atoms. The van der Waals surface area contributed by atoms with E-state index in [0.29, 0.717) is 49.2 Å². The maximum absolute atomic E-state index is 14.5. The van der Waals surface area contributed by atoms with E-state index in [1.54, 1.807) is 0 Å². The first kappa shape index (κ1) is 23.0. The van der Waals surface area contributed by atoms with E-state index in [9.17, 15) is 17.2 Å². The molecule has 1 aromatic carbocycles. The molecule has 0 radical (unpaired) electrons. The van der Waals surface area contributed by atoms with Crippen molar-refractivity contribution in [3.63, 3.8) is 0 Å². The van der Waals surface area contributed by atoms with E-state index >= 15 is 0 Å². The molecule has 0 amide bonds. The molecule has 6 rings (SSSR count). The molecule has 5 heterocycles. The van der Waals surface area contributed by atoms with Crippen LogP contribution in [-0.4, -0.2) is 64.5 Å². The van der Waals surface area contributed by atoms with Gasteiger partial charge in [0.2, 0.25) is 10.0 Å². The van der Waals surface area contributed by atoms with E-state index in [4.69, 9.17) is 9.72 Å². The monoisotopic (exact) mass is 530 g/mol. The van der Waals surface area contributed by atoms with Gasteiger partial charge in [-0.2, -0.15) is 9.40 Å². The third-order valence-corrected chi connectivity index (χ3v) is 8.51. The van der Waals surface area contributed by atoms with Crippen LogP contribution in [0.3, 0.4) is 0 Å². The highest BCUT2D eigenvalue weighted by Crippen LogP contribution is 2.42. The summed E-state index contributed by atoms with van der Waals surface area (Å²) in [6, 6.07) is 8.88. The highest BCUT2D eigenvalue weighted by molar-refractivity contribution is 7.88. The molecule has 4 aromatic rings. The van der Waals surface area contributed by atoms with Crippen LogP contribution in [0.5, 0.6) is 5.75 Å². The van der Waals surface area contributed by atoms with Crippen molar-refractivity contribution in [3.8, 4) is 33.4 Å². The predicted molar refractivity (Wildman–Crippen MR) is 131 cm³/mol. The van der Waals surface area contributed by atoms with Gasteiger partial charge in [-0.15, -0.1) is 11.3 Å². The van der Waals surface area contributed by atoms with Crippen molar-refractivity contribution >= 4 is 27.2 Å². The fourth-order valence-corrected chi connectivity index (χ4v) is 6.29. The van der Waals surface area contributed by atoms with Gasteiger partial charge in [0, 0.05) is 36.0 Å². The smallest absolute Gasteiger partial charge is 0.211 e. The summed E-state index contributed by atoms with van der Waals surface area (Å²) in [5, 5.41) is 7.45. The number of hydrogen-bond donors (Lipinski definition) is 1. The molecule has 0 aliphatic carbocycles. The Hall–Kier alpha value is -3.42. The number of benzene rings is 1. The quantitative estimate of drug-likeness (QED) is 0.422. The Bertz CT molecular complexity index is 1580. The second-order valence-corrected chi connectivity index (χ2v) is 11.7. The number of nitrogens with one attached hydrogen (secondary N) is 1. The highest BCUT2D eigenvalue weighted by atomic mass is 32.2. The number of anilines is 1. The van der Waals surface area contributed by atoms with Gasteiger partial charge < -0.3 is 10.1 Å². The van der Waals surface area contributed by atoms with Crippen LogP contribution in [-0.2, 0) is 16.4 Å². The molecule has 2 aliphatic heterocycles. The van der Waals surface area contributed by atoms with Gasteiger partial charge in [0.15, 0.2) is 11.6 Å². The van der Waals surface area contributed by atoms with E-state index in [-0.39, 0.29) is 11.7 Å². The van der Waals surface area contributed by atoms with E-state index in [2.05, 4.69) is 15.4 Å². The number of nitrogens with zero attached hydrogens (tertiary/aromatic N) is 5. The predicted octanol–water partition coefficient (Wildman–Crippen LogP) is 3.33. The van der Waals surface area contributed by atoms with Crippen LogP contribution in [0.4, 0.5) is 14.6 Å². The standard InChI is InChI=1S/C23H20F2N6O3S2/c1-36(32,33)30-10-14(11-30)28-21-5-4-18-22(29-21)15-9-20(35-19(15)6-7-34-18)23-26-12-27-31(23)17-3-2-13(24)8-16(17)25/h2-5,8-9,12,14H,6-7,10-11H2,1H3,(H,28,29). The largest absolute Gasteiger partial charge is 0.491 e. The summed E-state index contributed by atoms with van der Waals surface area (Å²) in [5.41, 5.74) is 1.64. The molecule has 0 atom stereocenters. The van der Waals surface area contributed by atoms with Crippen molar-refractivity contribution in [1.82, 2.24) is 24.1 Å². The second kappa shape index (κ2) is 8.61. The topological polar surface area (TPSA) is 102 Å². The van der Waals surface area contributed by atoms with Gasteiger partial charge in [0.1, 0.15) is 35.1 Å². The van der Waals surface area contributed by atoms with Crippen LogP contribution in [0.25, 0.3) is 27.6 Å². The number of aromatic nitrogens is 4. The molecule has 0 bridgehead atoms. The maximum Gasteiger partial charge on any atom is 0.211 e. The lowest BCUT2D eigenvalue weighted by Gasteiger charge is -2.37. The fourth-order valence-electron chi connectivity index (χ4n) is 4.26. The minimum absolute atomic E-state index is 0.0290. The average Bonchev–Trinajstić information content (AvgIpc) is 3.39. The number of sulfonamides is 1. The minimum Gasteiger partial charge on any atom is -0.491 e. The Morgan fingerprint density at radius 1 is 1.17 bits per heavy atom. The molecular weight excluding hydrogens is 510 g/mol. The fraction of sp³-hybridized carbons (Fsp3) is 0.261. The first-order valence-corrected chi connectivity index (χ1v) is 13.8. The number of fused-ring (bicyclic) bond motifs is 3. The number of rotatable bonds is 5. The summed E-state index contributed by atoms with van der Waals surface area (Å²) < 4.78 is 59.8. The Kier molecular flexibility index (Phi) is 5.50. The number of thiophene rings is 1. The molecule has 9 nitrogen and oxygen atoms in total. The SMILES string of the molecule is CS(=O)(=O)N1CC(Nc2ccc3c(n2)-c2cc(-c4ncnn4-c4ccc(F)cc4F)sc2CCO3)C1. The van der Waals surface area contributed by atoms with Crippen molar-refractivity contribution in [2.45, 2.75) is 12.5 Å². The van der Waals surface area contributed by atoms with E-state index < -0.39 is 21.7 Å². The summed E-state index contributed by atoms with van der Waals surface area (Å²) in [4.78, 5) is 10.9. The van der Waals surface area contributed by atoms with Crippen LogP contribution in [0.1, 0.15) is 4.88 Å². The van der Waals surface area contributed by atoms with E-state index in [0.717, 1.165) is 21.4 Å². The summed E-state index contributed by atoms with van der Waals surface area (Å²) in [6.45, 7) is 1.24. The van der Waals surface area contributed by atoms with Crippen molar-refractivity contribution in [2.24, 2.45) is 0 Å². The highest BCUT2D eigenvalue weighted by Gasteiger charge is 2.33. The molecule has 0 saturated carbocycles. The summed E-state index contributed by atoms with van der Waals surface area (Å²) in [5.74, 6) is 0.291. The molecule has 0 unspecified atom stereocenters. The lowest BCUT2D eigenvalue weighted by molar-refractivity contribution is 0.282. The molecule has 2 aliphatic rings.